The molecule has 1 fully saturated rings. The number of unbranched alkanes of at least 4 members (excludes halogenated alkanes) is 4. The number of carbonyl (C=O) groups excluding carboxylic acids is 10. The maximum Gasteiger partial charge on any atom is 0.343 e. The van der Waals surface area contributed by atoms with Crippen LogP contribution in [-0.2, 0) is 89.1 Å². The Morgan fingerprint density at radius 3 is 2.24 bits per heavy atom. The van der Waals surface area contributed by atoms with Gasteiger partial charge in [-0.3, -0.25) is 57.6 Å². The zero-order valence-corrected chi connectivity index (χ0v) is 48.0. The van der Waals surface area contributed by atoms with Gasteiger partial charge in [0.05, 0.1) is 60.6 Å². The minimum atomic E-state index is -2.04. The maximum absolute atomic E-state index is 15.4. The van der Waals surface area contributed by atoms with Crippen LogP contribution in [0.15, 0.2) is 47.3 Å². The summed E-state index contributed by atoms with van der Waals surface area (Å²) >= 11 is 0. The van der Waals surface area contributed by atoms with E-state index in [4.69, 9.17) is 9.72 Å². The lowest BCUT2D eigenvalue weighted by Crippen LogP contribution is -2.44. The van der Waals surface area contributed by atoms with Crippen LogP contribution in [0.2, 0.25) is 0 Å². The second-order valence-corrected chi connectivity index (χ2v) is 22.7. The van der Waals surface area contributed by atoms with Crippen molar-refractivity contribution in [1.29, 1.82) is 0 Å². The molecule has 23 heteroatoms. The number of ketones is 3. The first-order valence-corrected chi connectivity index (χ1v) is 29.2. The van der Waals surface area contributed by atoms with Gasteiger partial charge in [0.25, 0.3) is 5.56 Å². The topological polar surface area (TPSA) is 324 Å². The van der Waals surface area contributed by atoms with Crippen molar-refractivity contribution in [1.82, 2.24) is 35.7 Å². The average molecular weight is 1170 g/mol. The van der Waals surface area contributed by atoms with Gasteiger partial charge in [-0.15, -0.1) is 0 Å². The van der Waals surface area contributed by atoms with Crippen LogP contribution >= 0.6 is 0 Å². The Morgan fingerprint density at radius 1 is 0.824 bits per heavy atom. The Hall–Kier alpha value is -8.34. The first-order chi connectivity index (χ1) is 40.6. The van der Waals surface area contributed by atoms with Crippen molar-refractivity contribution in [3.63, 3.8) is 0 Å². The molecule has 4 aromatic rings. The number of hydrogen-bond donors (Lipinski definition) is 6. The van der Waals surface area contributed by atoms with E-state index in [9.17, 15) is 67.7 Å². The number of ether oxygens (including phenoxy) is 1. The minimum absolute atomic E-state index is 0.0373. The number of imide groups is 1. The number of aromatic nitrogens is 2. The van der Waals surface area contributed by atoms with Crippen LogP contribution in [0.1, 0.15) is 162 Å². The second kappa shape index (κ2) is 27.6. The molecule has 2 aromatic carbocycles. The number of amides is 6. The van der Waals surface area contributed by atoms with E-state index >= 15 is 4.39 Å². The summed E-state index contributed by atoms with van der Waals surface area (Å²) in [7, 11) is 0. The summed E-state index contributed by atoms with van der Waals surface area (Å²) in [5.74, 6) is -7.93. The van der Waals surface area contributed by atoms with Gasteiger partial charge in [-0.2, -0.15) is 0 Å². The molecule has 1 aliphatic carbocycles. The van der Waals surface area contributed by atoms with E-state index in [2.05, 4.69) is 21.3 Å². The number of likely N-dealkylation sites (tertiary alicyclic amines) is 1. The molecule has 1 saturated heterocycles. The summed E-state index contributed by atoms with van der Waals surface area (Å²) in [4.78, 5) is 160. The fourth-order valence-electron chi connectivity index (χ4n) is 11.9. The highest BCUT2D eigenvalue weighted by molar-refractivity contribution is 6.03. The molecule has 2 aromatic heterocycles. The predicted molar refractivity (Wildman–Crippen MR) is 303 cm³/mol. The van der Waals surface area contributed by atoms with E-state index in [0.29, 0.717) is 84.8 Å². The Labute approximate surface area is 489 Å². The molecule has 8 rings (SSSR count). The van der Waals surface area contributed by atoms with Gasteiger partial charge in [0, 0.05) is 85.9 Å². The molecule has 3 aliphatic heterocycles. The van der Waals surface area contributed by atoms with Gasteiger partial charge in [-0.25, -0.2) is 14.2 Å². The Balaban J connectivity index is 0.776. The lowest BCUT2D eigenvalue weighted by molar-refractivity contribution is -0.172. The number of benzene rings is 2. The number of fused-ring (bicyclic) bond motifs is 5. The van der Waals surface area contributed by atoms with Gasteiger partial charge < -0.3 is 40.8 Å². The zero-order valence-electron chi connectivity index (χ0n) is 48.0. The normalized spacial score (nSPS) is 18.2. The number of esters is 1. The smallest absolute Gasteiger partial charge is 0.343 e. The summed E-state index contributed by atoms with van der Waals surface area (Å²) in [5, 5.41) is 32.2. The minimum Gasteiger partial charge on any atom is -0.481 e. The lowest BCUT2D eigenvalue weighted by atomic mass is 9.81. The third-order valence-corrected chi connectivity index (χ3v) is 16.6. The van der Waals surface area contributed by atoms with Crippen molar-refractivity contribution in [2.45, 2.75) is 167 Å². The van der Waals surface area contributed by atoms with Crippen molar-refractivity contribution < 1.29 is 72.1 Å². The number of aliphatic carboxylic acids is 1. The lowest BCUT2D eigenvalue weighted by Gasteiger charge is -2.31. The first kappa shape index (κ1) is 62.7. The van der Waals surface area contributed by atoms with Crippen LogP contribution in [-0.4, -0.2) is 115 Å². The number of carboxylic acid groups (broad SMARTS) is 1. The molecule has 5 heterocycles. The molecule has 1 unspecified atom stereocenters. The van der Waals surface area contributed by atoms with Gasteiger partial charge in [0.2, 0.25) is 35.4 Å². The molecule has 5 atom stereocenters. The van der Waals surface area contributed by atoms with Crippen molar-refractivity contribution in [3.8, 4) is 11.4 Å². The summed E-state index contributed by atoms with van der Waals surface area (Å²) in [6.45, 7) is 4.24. The van der Waals surface area contributed by atoms with Crippen molar-refractivity contribution in [3.05, 3.63) is 97.6 Å². The molecular weight excluding hydrogens is 1100 g/mol. The van der Waals surface area contributed by atoms with Gasteiger partial charge >= 0.3 is 11.9 Å². The molecule has 0 saturated carbocycles. The molecule has 6 N–H and O–H groups in total. The van der Waals surface area contributed by atoms with Crippen LogP contribution < -0.4 is 26.8 Å². The van der Waals surface area contributed by atoms with Gasteiger partial charge in [-0.05, 0) is 86.6 Å². The molecule has 0 bridgehead atoms. The van der Waals surface area contributed by atoms with Crippen molar-refractivity contribution >= 4 is 75.6 Å². The van der Waals surface area contributed by atoms with Crippen molar-refractivity contribution in [2.24, 2.45) is 11.8 Å². The van der Waals surface area contributed by atoms with E-state index in [-0.39, 0.29) is 112 Å². The molecular formula is C62H72FN7O15. The van der Waals surface area contributed by atoms with E-state index in [0.717, 1.165) is 16.7 Å². The highest BCUT2D eigenvalue weighted by atomic mass is 19.1. The largest absolute Gasteiger partial charge is 0.481 e. The van der Waals surface area contributed by atoms with Crippen LogP contribution in [0.4, 0.5) is 4.39 Å². The summed E-state index contributed by atoms with van der Waals surface area (Å²) in [5.41, 5.74) is 2.32. The monoisotopic (exact) mass is 1170 g/mol. The molecule has 0 spiro atoms. The number of rotatable bonds is 30. The van der Waals surface area contributed by atoms with Gasteiger partial charge in [-0.1, -0.05) is 57.0 Å². The number of nitrogens with zero attached hydrogens (tertiary/aromatic N) is 3. The summed E-state index contributed by atoms with van der Waals surface area (Å²) in [6, 6.07) is 9.92. The standard InChI is InChI=1S/C62H72FN7O15/c1-4-62(84)43-27-48-57-41(32-70(48)60(82)42(43)33-85-61(62)83)56-45(20-19-40-35(3)44(63)28-47(68-57)55(40)56)66-51(75)17-11-6-10-16-38(71)30-65-58(80)37(25-36-14-8-5-9-15-36)26-39(72)31-64-50(74)22-21-49(73)46(29-54(78)79)67-52(76)18-12-7-13-23-69-53(77)24-34(2)59(69)81/h5,8-9,14-15,27-28,34,37,45-46,84H,4,6-7,10-13,16-26,29-33H2,1-3H3,(H,64,74)(H,65,80)(H,66,75)(H,67,76)(H,78,79)/t34?,37-,45+,46+,62+/m1/s1. The number of aliphatic hydroxyl groups is 1. The fraction of sp³-hybridized carbons (Fsp3) is 0.500. The number of hydrogen-bond acceptors (Lipinski definition) is 15. The highest BCUT2D eigenvalue weighted by Crippen LogP contribution is 2.46. The Morgan fingerprint density at radius 2 is 1.53 bits per heavy atom. The number of nitrogens with one attached hydrogen (secondary N) is 4. The predicted octanol–water partition coefficient (Wildman–Crippen LogP) is 4.46. The summed E-state index contributed by atoms with van der Waals surface area (Å²) < 4.78 is 22.2. The zero-order chi connectivity index (χ0) is 61.3. The number of aryl methyl sites for hydroxylation is 1. The fourth-order valence-corrected chi connectivity index (χ4v) is 11.9. The molecule has 6 amide bonds. The maximum atomic E-state index is 15.4. The van der Waals surface area contributed by atoms with Crippen LogP contribution in [0, 0.1) is 24.6 Å². The second-order valence-electron chi connectivity index (χ2n) is 22.7. The summed E-state index contributed by atoms with van der Waals surface area (Å²) in [6.07, 6.45) is 2.21. The number of cyclic esters (lactones) is 1. The SMILES string of the molecule is CC[C@@]1(O)C(=O)OCc2c1cc1n(c2=O)Cc2c-1nc1cc(F)c(C)c3c1c2[C@@H](NC(=O)CCCCCC(=O)CNC(=O)[C@@H](CC(=O)CNC(=O)CCC(=O)[C@H](CC(=O)O)NC(=O)CCCCCN1C(=O)CC(C)C1=O)Cc1ccccc1)CC3. The van der Waals surface area contributed by atoms with Crippen LogP contribution in [0.3, 0.4) is 0 Å². The third kappa shape index (κ3) is 14.6. The quantitative estimate of drug-likeness (QED) is 0.0210. The van der Waals surface area contributed by atoms with Crippen LogP contribution in [0.25, 0.3) is 22.3 Å². The van der Waals surface area contributed by atoms with E-state index in [1.165, 1.54) is 15.5 Å². The number of halogens is 1. The molecule has 4 aliphatic rings. The average Bonchev–Trinajstić information content (AvgIpc) is 1.89. The number of Topliss-reactive ketones (excluding diaryl/α,β-unsaturated/α-hetero) is 3. The molecule has 22 nitrogen and oxygen atoms in total. The van der Waals surface area contributed by atoms with Crippen molar-refractivity contribution in [2.75, 3.05) is 19.6 Å². The van der Waals surface area contributed by atoms with Gasteiger partial charge in [0.15, 0.2) is 23.0 Å². The number of carbonyl (C=O) groups is 11. The number of pyridine rings is 2. The Bertz CT molecular complexity index is 3420. The molecule has 452 valence electrons. The van der Waals surface area contributed by atoms with E-state index in [1.54, 1.807) is 57.2 Å². The Kier molecular flexibility index (Phi) is 20.3. The highest BCUT2D eigenvalue weighted by Gasteiger charge is 2.46. The van der Waals surface area contributed by atoms with Gasteiger partial charge in [0.1, 0.15) is 12.4 Å². The first-order valence-electron chi connectivity index (χ1n) is 29.2. The molecule has 0 radical (unpaired) electrons. The van der Waals surface area contributed by atoms with Crippen LogP contribution in [0.5, 0.6) is 0 Å². The van der Waals surface area contributed by atoms with E-state index < -0.39 is 102 Å². The molecule has 85 heavy (non-hydrogen) atoms. The third-order valence-electron chi connectivity index (χ3n) is 16.6. The van der Waals surface area contributed by atoms with E-state index in [1.807, 2.05) is 0 Å². The number of carboxylic acids is 1.